The monoisotopic (exact) mass is 225 g/mol. The van der Waals surface area contributed by atoms with Crippen LogP contribution in [0, 0.1) is 6.92 Å². The lowest BCUT2D eigenvalue weighted by atomic mass is 10.2. The van der Waals surface area contributed by atoms with Crippen LogP contribution in [-0.2, 0) is 23.1 Å². The predicted molar refractivity (Wildman–Crippen MR) is 60.9 cm³/mol. The zero-order chi connectivity index (χ0) is 12.1. The number of aromatic nitrogens is 2. The van der Waals surface area contributed by atoms with Crippen LogP contribution in [0.3, 0.4) is 0 Å². The first-order chi connectivity index (χ1) is 7.54. The summed E-state index contributed by atoms with van der Waals surface area (Å²) in [5.41, 5.74) is 2.07. The summed E-state index contributed by atoms with van der Waals surface area (Å²) >= 11 is 0. The molecule has 0 bridgehead atoms. The van der Waals surface area contributed by atoms with Crippen molar-refractivity contribution >= 4 is 5.97 Å². The van der Waals surface area contributed by atoms with Gasteiger partial charge in [0.05, 0.1) is 12.3 Å². The Balaban J connectivity index is 2.45. The molecule has 16 heavy (non-hydrogen) atoms. The Bertz CT molecular complexity index is 360. The quantitative estimate of drug-likeness (QED) is 0.752. The zero-order valence-corrected chi connectivity index (χ0v) is 10.3. The Morgan fingerprint density at radius 2 is 2.38 bits per heavy atom. The van der Waals surface area contributed by atoms with E-state index < -0.39 is 0 Å². The van der Waals surface area contributed by atoms with E-state index in [0.717, 1.165) is 11.3 Å². The second-order valence-corrected chi connectivity index (χ2v) is 3.77. The van der Waals surface area contributed by atoms with Crippen molar-refractivity contribution in [3.63, 3.8) is 0 Å². The van der Waals surface area contributed by atoms with Gasteiger partial charge in [0.25, 0.3) is 0 Å². The van der Waals surface area contributed by atoms with E-state index in [1.54, 1.807) is 18.5 Å². The van der Waals surface area contributed by atoms with E-state index in [1.165, 1.54) is 0 Å². The Hall–Kier alpha value is -1.36. The molecular weight excluding hydrogens is 206 g/mol. The highest BCUT2D eigenvalue weighted by atomic mass is 16.5. The van der Waals surface area contributed by atoms with Crippen molar-refractivity contribution in [1.82, 2.24) is 15.1 Å². The van der Waals surface area contributed by atoms with Crippen molar-refractivity contribution in [2.24, 2.45) is 7.05 Å². The average molecular weight is 225 g/mol. The highest BCUT2D eigenvalue weighted by molar-refractivity contribution is 5.75. The number of esters is 1. The molecule has 0 aromatic carbocycles. The molecule has 0 amide bonds. The van der Waals surface area contributed by atoms with Crippen LogP contribution in [0.25, 0.3) is 0 Å². The molecule has 1 unspecified atom stereocenters. The Kier molecular flexibility index (Phi) is 4.49. The van der Waals surface area contributed by atoms with Gasteiger partial charge in [-0.1, -0.05) is 0 Å². The third kappa shape index (κ3) is 3.34. The minimum absolute atomic E-state index is 0.218. The molecule has 1 aromatic rings. The van der Waals surface area contributed by atoms with Crippen LogP contribution in [0.1, 0.15) is 25.1 Å². The van der Waals surface area contributed by atoms with Crippen LogP contribution < -0.4 is 5.32 Å². The molecule has 1 heterocycles. The standard InChI is InChI=1S/C11H19N3O2/c1-5-16-11(15)9(3)12-6-10-7-14(4)13-8(10)2/h7,9,12H,5-6H2,1-4H3. The topological polar surface area (TPSA) is 56.1 Å². The van der Waals surface area contributed by atoms with E-state index in [9.17, 15) is 4.79 Å². The number of aryl methyl sites for hydroxylation is 2. The summed E-state index contributed by atoms with van der Waals surface area (Å²) in [6.07, 6.45) is 1.94. The molecule has 1 rings (SSSR count). The van der Waals surface area contributed by atoms with E-state index in [1.807, 2.05) is 20.2 Å². The van der Waals surface area contributed by atoms with Gasteiger partial charge in [0, 0.05) is 25.4 Å². The van der Waals surface area contributed by atoms with Gasteiger partial charge in [-0.05, 0) is 20.8 Å². The maximum Gasteiger partial charge on any atom is 0.322 e. The molecule has 0 aliphatic carbocycles. The summed E-state index contributed by atoms with van der Waals surface area (Å²) in [6, 6.07) is -0.292. The fourth-order valence-electron chi connectivity index (χ4n) is 1.44. The Labute approximate surface area is 95.8 Å². The number of ether oxygens (including phenoxy) is 1. The lowest BCUT2D eigenvalue weighted by molar-refractivity contribution is -0.145. The van der Waals surface area contributed by atoms with Gasteiger partial charge in [-0.3, -0.25) is 9.48 Å². The lowest BCUT2D eigenvalue weighted by Crippen LogP contribution is -2.34. The molecule has 1 atom stereocenters. The third-order valence-electron chi connectivity index (χ3n) is 2.35. The molecule has 0 aliphatic heterocycles. The number of carbonyl (C=O) groups excluding carboxylic acids is 1. The summed E-state index contributed by atoms with van der Waals surface area (Å²) in [5.74, 6) is -0.218. The fraction of sp³-hybridized carbons (Fsp3) is 0.636. The smallest absolute Gasteiger partial charge is 0.322 e. The fourth-order valence-corrected chi connectivity index (χ4v) is 1.44. The average Bonchev–Trinajstić information content (AvgIpc) is 2.54. The minimum Gasteiger partial charge on any atom is -0.465 e. The molecule has 0 fully saturated rings. The first kappa shape index (κ1) is 12.7. The minimum atomic E-state index is -0.292. The van der Waals surface area contributed by atoms with Gasteiger partial charge in [0.15, 0.2) is 0 Å². The van der Waals surface area contributed by atoms with Crippen molar-refractivity contribution in [2.75, 3.05) is 6.61 Å². The number of carbonyl (C=O) groups is 1. The summed E-state index contributed by atoms with van der Waals surface area (Å²) < 4.78 is 6.67. The largest absolute Gasteiger partial charge is 0.465 e. The van der Waals surface area contributed by atoms with Gasteiger partial charge >= 0.3 is 5.97 Å². The van der Waals surface area contributed by atoms with Crippen LogP contribution in [0.5, 0.6) is 0 Å². The molecule has 0 saturated heterocycles. The van der Waals surface area contributed by atoms with Gasteiger partial charge < -0.3 is 10.1 Å². The van der Waals surface area contributed by atoms with Crippen molar-refractivity contribution in [3.05, 3.63) is 17.5 Å². The van der Waals surface area contributed by atoms with Crippen LogP contribution >= 0.6 is 0 Å². The number of nitrogens with zero attached hydrogens (tertiary/aromatic N) is 2. The molecule has 0 aliphatic rings. The van der Waals surface area contributed by atoms with Crippen LogP contribution in [0.15, 0.2) is 6.20 Å². The van der Waals surface area contributed by atoms with Crippen LogP contribution in [0.4, 0.5) is 0 Å². The molecule has 90 valence electrons. The van der Waals surface area contributed by atoms with Crippen molar-refractivity contribution < 1.29 is 9.53 Å². The SMILES string of the molecule is CCOC(=O)C(C)NCc1cn(C)nc1C. The van der Waals surface area contributed by atoms with E-state index in [4.69, 9.17) is 4.74 Å². The van der Waals surface area contributed by atoms with E-state index in [0.29, 0.717) is 13.2 Å². The van der Waals surface area contributed by atoms with Gasteiger partial charge in [-0.15, -0.1) is 0 Å². The molecular formula is C11H19N3O2. The maximum absolute atomic E-state index is 11.3. The Morgan fingerprint density at radius 1 is 1.69 bits per heavy atom. The summed E-state index contributed by atoms with van der Waals surface area (Å²) in [6.45, 7) is 6.59. The molecule has 0 spiro atoms. The summed E-state index contributed by atoms with van der Waals surface area (Å²) in [4.78, 5) is 11.3. The van der Waals surface area contributed by atoms with Crippen molar-refractivity contribution in [3.8, 4) is 0 Å². The van der Waals surface area contributed by atoms with Crippen LogP contribution in [0.2, 0.25) is 0 Å². The molecule has 1 N–H and O–H groups in total. The predicted octanol–water partition coefficient (Wildman–Crippen LogP) is 0.770. The number of hydrogen-bond donors (Lipinski definition) is 1. The highest BCUT2D eigenvalue weighted by Crippen LogP contribution is 2.04. The highest BCUT2D eigenvalue weighted by Gasteiger charge is 2.13. The number of rotatable bonds is 5. The van der Waals surface area contributed by atoms with Crippen molar-refractivity contribution in [2.45, 2.75) is 33.4 Å². The molecule has 5 nitrogen and oxygen atoms in total. The van der Waals surface area contributed by atoms with Gasteiger partial charge in [0.2, 0.25) is 0 Å². The second-order valence-electron chi connectivity index (χ2n) is 3.77. The molecule has 0 radical (unpaired) electrons. The molecule has 5 heteroatoms. The number of hydrogen-bond acceptors (Lipinski definition) is 4. The van der Waals surface area contributed by atoms with Gasteiger partial charge in [-0.25, -0.2) is 0 Å². The van der Waals surface area contributed by atoms with E-state index in [-0.39, 0.29) is 12.0 Å². The summed E-state index contributed by atoms with van der Waals surface area (Å²) in [7, 11) is 1.88. The van der Waals surface area contributed by atoms with E-state index >= 15 is 0 Å². The first-order valence-electron chi connectivity index (χ1n) is 5.43. The van der Waals surface area contributed by atoms with Crippen molar-refractivity contribution in [1.29, 1.82) is 0 Å². The zero-order valence-electron chi connectivity index (χ0n) is 10.3. The van der Waals surface area contributed by atoms with Gasteiger partial charge in [-0.2, -0.15) is 5.10 Å². The molecule has 0 saturated carbocycles. The number of nitrogens with one attached hydrogen (secondary N) is 1. The van der Waals surface area contributed by atoms with Crippen LogP contribution in [-0.4, -0.2) is 28.4 Å². The molecule has 1 aromatic heterocycles. The normalized spacial score (nSPS) is 12.5. The second kappa shape index (κ2) is 5.65. The Morgan fingerprint density at radius 3 is 2.88 bits per heavy atom. The van der Waals surface area contributed by atoms with Gasteiger partial charge in [0.1, 0.15) is 6.04 Å². The first-order valence-corrected chi connectivity index (χ1v) is 5.43. The third-order valence-corrected chi connectivity index (χ3v) is 2.35. The lowest BCUT2D eigenvalue weighted by Gasteiger charge is -2.11. The van der Waals surface area contributed by atoms with E-state index in [2.05, 4.69) is 10.4 Å². The summed E-state index contributed by atoms with van der Waals surface area (Å²) in [5, 5.41) is 7.34. The maximum atomic E-state index is 11.3.